The lowest BCUT2D eigenvalue weighted by atomic mass is 9.97. The van der Waals surface area contributed by atoms with E-state index in [1.165, 1.54) is 13.1 Å². The van der Waals surface area contributed by atoms with E-state index in [1.807, 2.05) is 37.3 Å². The number of anilines is 1. The fourth-order valence-corrected chi connectivity index (χ4v) is 2.63. The molecule has 0 radical (unpaired) electrons. The van der Waals surface area contributed by atoms with Gasteiger partial charge in [-0.2, -0.15) is 0 Å². The van der Waals surface area contributed by atoms with Crippen molar-refractivity contribution in [2.24, 2.45) is 5.73 Å². The fraction of sp³-hybridized carbons (Fsp3) is 0.250. The van der Waals surface area contributed by atoms with Crippen molar-refractivity contribution in [3.8, 4) is 17.2 Å². The van der Waals surface area contributed by atoms with Gasteiger partial charge in [0.15, 0.2) is 11.5 Å². The Bertz CT molecular complexity index is 815. The van der Waals surface area contributed by atoms with Crippen molar-refractivity contribution in [1.29, 1.82) is 0 Å². The van der Waals surface area contributed by atoms with E-state index in [0.717, 1.165) is 16.7 Å². The topological polar surface area (TPSA) is 82.8 Å². The van der Waals surface area contributed by atoms with Crippen LogP contribution in [-0.4, -0.2) is 26.7 Å². The molecule has 0 spiro atoms. The van der Waals surface area contributed by atoms with Crippen LogP contribution in [0.25, 0.3) is 5.57 Å². The van der Waals surface area contributed by atoms with Gasteiger partial charge in [0.2, 0.25) is 5.91 Å². The zero-order valence-electron chi connectivity index (χ0n) is 15.5. The number of nitrogens with one attached hydrogen (secondary N) is 1. The Hall–Kier alpha value is -3.15. The summed E-state index contributed by atoms with van der Waals surface area (Å²) in [7, 11) is 3.15. The van der Waals surface area contributed by atoms with E-state index >= 15 is 0 Å². The molecule has 0 fully saturated rings. The summed E-state index contributed by atoms with van der Waals surface area (Å²) in [5, 5.41) is 2.77. The molecule has 138 valence electrons. The van der Waals surface area contributed by atoms with Crippen LogP contribution in [0.3, 0.4) is 0 Å². The van der Waals surface area contributed by atoms with Gasteiger partial charge >= 0.3 is 0 Å². The number of benzene rings is 2. The van der Waals surface area contributed by atoms with Gasteiger partial charge in [0, 0.05) is 18.7 Å². The standard InChI is InChI=1S/C20H24N2O4/c1-5-26-20-11-15(7-9-19(20)25-4)16(12-21)14-6-8-18(24-3)17(10-14)22-13(2)23/h6-12H,5,21H2,1-4H3,(H,22,23). The molecular formula is C20H24N2O4. The molecule has 0 aliphatic rings. The van der Waals surface area contributed by atoms with Gasteiger partial charge in [-0.05, 0) is 42.3 Å². The Balaban J connectivity index is 2.49. The number of nitrogens with two attached hydrogens (primary N) is 1. The lowest BCUT2D eigenvalue weighted by Gasteiger charge is -2.15. The van der Waals surface area contributed by atoms with Crippen LogP contribution in [0, 0.1) is 0 Å². The van der Waals surface area contributed by atoms with Gasteiger partial charge in [-0.15, -0.1) is 0 Å². The third-order valence-corrected chi connectivity index (χ3v) is 3.76. The van der Waals surface area contributed by atoms with Gasteiger partial charge in [-0.3, -0.25) is 4.79 Å². The predicted octanol–water partition coefficient (Wildman–Crippen LogP) is 3.41. The van der Waals surface area contributed by atoms with Crippen molar-refractivity contribution in [3.05, 3.63) is 53.7 Å². The summed E-state index contributed by atoms with van der Waals surface area (Å²) < 4.78 is 16.3. The molecule has 0 heterocycles. The summed E-state index contributed by atoms with van der Waals surface area (Å²) >= 11 is 0. The maximum atomic E-state index is 11.5. The molecule has 2 aromatic rings. The highest BCUT2D eigenvalue weighted by molar-refractivity contribution is 5.92. The molecule has 0 saturated carbocycles. The van der Waals surface area contributed by atoms with Crippen LogP contribution >= 0.6 is 0 Å². The second kappa shape index (κ2) is 8.80. The van der Waals surface area contributed by atoms with Crippen LogP contribution < -0.4 is 25.3 Å². The normalized spacial score (nSPS) is 11.0. The third-order valence-electron chi connectivity index (χ3n) is 3.76. The summed E-state index contributed by atoms with van der Waals surface area (Å²) in [5.74, 6) is 1.69. The Morgan fingerprint density at radius 1 is 1.04 bits per heavy atom. The van der Waals surface area contributed by atoms with E-state index in [9.17, 15) is 4.79 Å². The number of amides is 1. The summed E-state index contributed by atoms with van der Waals surface area (Å²) in [6.07, 6.45) is 1.52. The molecule has 6 heteroatoms. The van der Waals surface area contributed by atoms with Crippen LogP contribution in [0.5, 0.6) is 17.2 Å². The van der Waals surface area contributed by atoms with Crippen LogP contribution in [0.2, 0.25) is 0 Å². The summed E-state index contributed by atoms with van der Waals surface area (Å²) in [5.41, 5.74) is 8.98. The number of ether oxygens (including phenoxy) is 3. The van der Waals surface area contributed by atoms with Crippen molar-refractivity contribution in [3.63, 3.8) is 0 Å². The third kappa shape index (κ3) is 4.27. The summed E-state index contributed by atoms with van der Waals surface area (Å²) in [6.45, 7) is 3.88. The zero-order chi connectivity index (χ0) is 19.1. The van der Waals surface area contributed by atoms with Crippen molar-refractivity contribution >= 4 is 17.2 Å². The first kappa shape index (κ1) is 19.2. The quantitative estimate of drug-likeness (QED) is 0.794. The van der Waals surface area contributed by atoms with Gasteiger partial charge in [0.05, 0.1) is 26.5 Å². The molecule has 6 nitrogen and oxygen atoms in total. The molecule has 0 saturated heterocycles. The average Bonchev–Trinajstić information content (AvgIpc) is 2.63. The van der Waals surface area contributed by atoms with Crippen molar-refractivity contribution < 1.29 is 19.0 Å². The Morgan fingerprint density at radius 2 is 1.65 bits per heavy atom. The van der Waals surface area contributed by atoms with E-state index in [2.05, 4.69) is 5.32 Å². The molecule has 0 aliphatic carbocycles. The Labute approximate surface area is 153 Å². The smallest absolute Gasteiger partial charge is 0.221 e. The van der Waals surface area contributed by atoms with Gasteiger partial charge < -0.3 is 25.3 Å². The zero-order valence-corrected chi connectivity index (χ0v) is 15.5. The lowest BCUT2D eigenvalue weighted by Crippen LogP contribution is -2.07. The number of rotatable bonds is 7. The Kier molecular flexibility index (Phi) is 6.49. The highest BCUT2D eigenvalue weighted by Gasteiger charge is 2.13. The second-order valence-corrected chi connectivity index (χ2v) is 5.48. The van der Waals surface area contributed by atoms with E-state index < -0.39 is 0 Å². The minimum absolute atomic E-state index is 0.179. The molecular weight excluding hydrogens is 332 g/mol. The van der Waals surface area contributed by atoms with Crippen LogP contribution in [0.4, 0.5) is 5.69 Å². The van der Waals surface area contributed by atoms with Crippen LogP contribution in [0.1, 0.15) is 25.0 Å². The van der Waals surface area contributed by atoms with Crippen molar-refractivity contribution in [1.82, 2.24) is 0 Å². The molecule has 0 unspecified atom stereocenters. The molecule has 0 aliphatic heterocycles. The first-order chi connectivity index (χ1) is 12.5. The van der Waals surface area contributed by atoms with Crippen molar-refractivity contribution in [2.45, 2.75) is 13.8 Å². The van der Waals surface area contributed by atoms with E-state index in [-0.39, 0.29) is 5.91 Å². The van der Waals surface area contributed by atoms with Gasteiger partial charge in [0.1, 0.15) is 5.75 Å². The fourth-order valence-electron chi connectivity index (χ4n) is 2.63. The highest BCUT2D eigenvalue weighted by atomic mass is 16.5. The number of methoxy groups -OCH3 is 2. The minimum Gasteiger partial charge on any atom is -0.495 e. The first-order valence-electron chi connectivity index (χ1n) is 8.23. The van der Waals surface area contributed by atoms with E-state index in [4.69, 9.17) is 19.9 Å². The SMILES string of the molecule is CCOc1cc(C(=CN)c2ccc(OC)c(NC(C)=O)c2)ccc1OC. The number of carbonyl (C=O) groups excluding carboxylic acids is 1. The molecule has 2 rings (SSSR count). The molecule has 0 aromatic heterocycles. The second-order valence-electron chi connectivity index (χ2n) is 5.48. The maximum absolute atomic E-state index is 11.5. The monoisotopic (exact) mass is 356 g/mol. The molecule has 2 aromatic carbocycles. The predicted molar refractivity (Wildman–Crippen MR) is 103 cm³/mol. The van der Waals surface area contributed by atoms with Crippen LogP contribution in [-0.2, 0) is 4.79 Å². The molecule has 0 bridgehead atoms. The molecule has 0 atom stereocenters. The average molecular weight is 356 g/mol. The highest BCUT2D eigenvalue weighted by Crippen LogP contribution is 2.35. The number of carbonyl (C=O) groups is 1. The molecule has 26 heavy (non-hydrogen) atoms. The van der Waals surface area contributed by atoms with E-state index in [0.29, 0.717) is 29.5 Å². The van der Waals surface area contributed by atoms with Crippen LogP contribution in [0.15, 0.2) is 42.6 Å². The Morgan fingerprint density at radius 3 is 2.19 bits per heavy atom. The number of hydrogen-bond donors (Lipinski definition) is 2. The maximum Gasteiger partial charge on any atom is 0.221 e. The minimum atomic E-state index is -0.179. The summed E-state index contributed by atoms with van der Waals surface area (Å²) in [6, 6.07) is 11.1. The lowest BCUT2D eigenvalue weighted by molar-refractivity contribution is -0.114. The van der Waals surface area contributed by atoms with Gasteiger partial charge in [-0.25, -0.2) is 0 Å². The van der Waals surface area contributed by atoms with Crippen molar-refractivity contribution in [2.75, 3.05) is 26.1 Å². The largest absolute Gasteiger partial charge is 0.495 e. The first-order valence-corrected chi connectivity index (χ1v) is 8.23. The number of hydrogen-bond acceptors (Lipinski definition) is 5. The van der Waals surface area contributed by atoms with E-state index in [1.54, 1.807) is 20.3 Å². The summed E-state index contributed by atoms with van der Waals surface area (Å²) in [4.78, 5) is 11.5. The molecule has 1 amide bonds. The van der Waals surface area contributed by atoms with Gasteiger partial charge in [0.25, 0.3) is 0 Å². The molecule has 3 N–H and O–H groups in total. The van der Waals surface area contributed by atoms with Gasteiger partial charge in [-0.1, -0.05) is 12.1 Å².